The Hall–Kier alpha value is -1.25. The number of ether oxygens (including phenoxy) is 1. The highest BCUT2D eigenvalue weighted by Crippen LogP contribution is 2.28. The standard InChI is InChI=1S/C14H22N4O3S/c15-22(19,20)12-8-16-14(17-9-12)18-6-3-4-11(10-18)13-5-1-2-7-21-13/h8-9,11,13H,1-7,10H2,(H2,15,19,20). The van der Waals surface area contributed by atoms with Gasteiger partial charge < -0.3 is 9.64 Å². The van der Waals surface area contributed by atoms with E-state index in [0.717, 1.165) is 45.4 Å². The fraction of sp³-hybridized carbons (Fsp3) is 0.714. The number of primary sulfonamides is 1. The lowest BCUT2D eigenvalue weighted by molar-refractivity contribution is -0.0242. The molecular weight excluding hydrogens is 304 g/mol. The van der Waals surface area contributed by atoms with Gasteiger partial charge in [0.15, 0.2) is 0 Å². The minimum atomic E-state index is -3.74. The van der Waals surface area contributed by atoms with Crippen molar-refractivity contribution in [1.82, 2.24) is 9.97 Å². The SMILES string of the molecule is NS(=O)(=O)c1cnc(N2CCCC(C3CCCCO3)C2)nc1. The van der Waals surface area contributed by atoms with Crippen LogP contribution in [0, 0.1) is 5.92 Å². The van der Waals surface area contributed by atoms with Gasteiger partial charge in [0.2, 0.25) is 16.0 Å². The molecule has 1 aromatic heterocycles. The highest BCUT2D eigenvalue weighted by Gasteiger charge is 2.30. The molecule has 3 heterocycles. The first-order valence-electron chi connectivity index (χ1n) is 7.75. The molecule has 1 aromatic rings. The van der Waals surface area contributed by atoms with E-state index >= 15 is 0 Å². The van der Waals surface area contributed by atoms with Gasteiger partial charge in [-0.25, -0.2) is 23.5 Å². The van der Waals surface area contributed by atoms with E-state index in [0.29, 0.717) is 18.0 Å². The number of nitrogens with two attached hydrogens (primary N) is 1. The molecule has 0 amide bonds. The van der Waals surface area contributed by atoms with E-state index in [9.17, 15) is 8.42 Å². The van der Waals surface area contributed by atoms with E-state index in [1.54, 1.807) is 0 Å². The zero-order valence-electron chi connectivity index (χ0n) is 12.5. The van der Waals surface area contributed by atoms with Crippen LogP contribution in [-0.4, -0.2) is 44.2 Å². The van der Waals surface area contributed by atoms with Gasteiger partial charge in [-0.2, -0.15) is 0 Å². The van der Waals surface area contributed by atoms with Crippen LogP contribution < -0.4 is 10.0 Å². The van der Waals surface area contributed by atoms with E-state index in [4.69, 9.17) is 9.88 Å². The van der Waals surface area contributed by atoms with Crippen molar-refractivity contribution >= 4 is 16.0 Å². The van der Waals surface area contributed by atoms with Gasteiger partial charge in [-0.15, -0.1) is 0 Å². The first-order valence-corrected chi connectivity index (χ1v) is 9.30. The molecular formula is C14H22N4O3S. The van der Waals surface area contributed by atoms with Gasteiger partial charge in [0.05, 0.1) is 18.5 Å². The molecule has 2 N–H and O–H groups in total. The number of piperidine rings is 1. The Morgan fingerprint density at radius 1 is 1.18 bits per heavy atom. The van der Waals surface area contributed by atoms with E-state index in [1.807, 2.05) is 0 Å². The minimum absolute atomic E-state index is 0.0552. The second-order valence-electron chi connectivity index (χ2n) is 6.02. The van der Waals surface area contributed by atoms with E-state index in [-0.39, 0.29) is 4.90 Å². The monoisotopic (exact) mass is 326 g/mol. The normalized spacial score (nSPS) is 26.9. The molecule has 2 aliphatic heterocycles. The van der Waals surface area contributed by atoms with Gasteiger partial charge in [0, 0.05) is 25.6 Å². The molecule has 8 heteroatoms. The van der Waals surface area contributed by atoms with Crippen molar-refractivity contribution in [2.24, 2.45) is 11.1 Å². The third-order valence-electron chi connectivity index (χ3n) is 4.42. The maximum atomic E-state index is 11.2. The van der Waals surface area contributed by atoms with Crippen LogP contribution in [0.15, 0.2) is 17.3 Å². The van der Waals surface area contributed by atoms with Crippen molar-refractivity contribution in [3.8, 4) is 0 Å². The van der Waals surface area contributed by atoms with E-state index in [1.165, 1.54) is 18.8 Å². The molecule has 7 nitrogen and oxygen atoms in total. The van der Waals surface area contributed by atoms with Crippen LogP contribution in [-0.2, 0) is 14.8 Å². The Morgan fingerprint density at radius 2 is 1.95 bits per heavy atom. The molecule has 2 aliphatic rings. The van der Waals surface area contributed by atoms with Gasteiger partial charge in [-0.3, -0.25) is 0 Å². The average Bonchev–Trinajstić information content (AvgIpc) is 2.55. The average molecular weight is 326 g/mol. The summed E-state index contributed by atoms with van der Waals surface area (Å²) in [6.45, 7) is 2.61. The Kier molecular flexibility index (Phi) is 4.60. The summed E-state index contributed by atoms with van der Waals surface area (Å²) in [6, 6.07) is 0. The summed E-state index contributed by atoms with van der Waals surface area (Å²) < 4.78 is 28.4. The molecule has 0 spiro atoms. The first kappa shape index (κ1) is 15.6. The van der Waals surface area contributed by atoms with Crippen molar-refractivity contribution in [2.75, 3.05) is 24.6 Å². The molecule has 0 bridgehead atoms. The molecule has 122 valence electrons. The summed E-state index contributed by atoms with van der Waals surface area (Å²) in [5.74, 6) is 1.06. The molecule has 0 aromatic carbocycles. The van der Waals surface area contributed by atoms with Gasteiger partial charge in [0.1, 0.15) is 4.90 Å². The Balaban J connectivity index is 1.69. The second kappa shape index (κ2) is 6.47. The Bertz CT molecular complexity index is 599. The summed E-state index contributed by atoms with van der Waals surface area (Å²) >= 11 is 0. The fourth-order valence-corrected chi connectivity index (χ4v) is 3.65. The van der Waals surface area contributed by atoms with Gasteiger partial charge in [0.25, 0.3) is 0 Å². The Labute approximate surface area is 130 Å². The van der Waals surface area contributed by atoms with Crippen molar-refractivity contribution in [3.63, 3.8) is 0 Å². The largest absolute Gasteiger partial charge is 0.378 e. The fourth-order valence-electron chi connectivity index (χ4n) is 3.25. The molecule has 22 heavy (non-hydrogen) atoms. The molecule has 0 saturated carbocycles. The lowest BCUT2D eigenvalue weighted by Crippen LogP contribution is -2.43. The molecule has 3 rings (SSSR count). The van der Waals surface area contributed by atoms with Crippen LogP contribution in [0.1, 0.15) is 32.1 Å². The van der Waals surface area contributed by atoms with Crippen LogP contribution in [0.4, 0.5) is 5.95 Å². The number of nitrogens with zero attached hydrogens (tertiary/aromatic N) is 3. The van der Waals surface area contributed by atoms with Crippen molar-refractivity contribution in [1.29, 1.82) is 0 Å². The predicted molar refractivity (Wildman–Crippen MR) is 81.9 cm³/mol. The molecule has 0 radical (unpaired) electrons. The lowest BCUT2D eigenvalue weighted by Gasteiger charge is -2.38. The van der Waals surface area contributed by atoms with Gasteiger partial charge in [-0.05, 0) is 32.1 Å². The number of aromatic nitrogens is 2. The number of anilines is 1. The zero-order chi connectivity index (χ0) is 15.6. The minimum Gasteiger partial charge on any atom is -0.378 e. The van der Waals surface area contributed by atoms with E-state index < -0.39 is 10.0 Å². The smallest absolute Gasteiger partial charge is 0.241 e. The molecule has 2 saturated heterocycles. The number of rotatable bonds is 3. The van der Waals surface area contributed by atoms with E-state index in [2.05, 4.69) is 14.9 Å². The van der Waals surface area contributed by atoms with Crippen LogP contribution in [0.2, 0.25) is 0 Å². The highest BCUT2D eigenvalue weighted by atomic mass is 32.2. The summed E-state index contributed by atoms with van der Waals surface area (Å²) in [6.07, 6.45) is 8.65. The van der Waals surface area contributed by atoms with Crippen LogP contribution in [0.3, 0.4) is 0 Å². The topological polar surface area (TPSA) is 98.4 Å². The predicted octanol–water partition coefficient (Wildman–Crippen LogP) is 0.909. The second-order valence-corrected chi connectivity index (χ2v) is 7.58. The van der Waals surface area contributed by atoms with Gasteiger partial charge >= 0.3 is 0 Å². The lowest BCUT2D eigenvalue weighted by atomic mass is 9.88. The summed E-state index contributed by atoms with van der Waals surface area (Å²) in [4.78, 5) is 10.4. The summed E-state index contributed by atoms with van der Waals surface area (Å²) in [5, 5.41) is 5.07. The first-order chi connectivity index (χ1) is 10.5. The highest BCUT2D eigenvalue weighted by molar-refractivity contribution is 7.89. The number of hydrogen-bond acceptors (Lipinski definition) is 6. The van der Waals surface area contributed by atoms with Crippen LogP contribution >= 0.6 is 0 Å². The van der Waals surface area contributed by atoms with Crippen molar-refractivity contribution in [2.45, 2.75) is 43.1 Å². The van der Waals surface area contributed by atoms with Crippen LogP contribution in [0.25, 0.3) is 0 Å². The maximum absolute atomic E-state index is 11.2. The quantitative estimate of drug-likeness (QED) is 0.886. The number of sulfonamides is 1. The molecule has 0 aliphatic carbocycles. The molecule has 2 unspecified atom stereocenters. The summed E-state index contributed by atoms with van der Waals surface area (Å²) in [5.41, 5.74) is 0. The maximum Gasteiger partial charge on any atom is 0.241 e. The number of hydrogen-bond donors (Lipinski definition) is 1. The van der Waals surface area contributed by atoms with Crippen molar-refractivity contribution in [3.05, 3.63) is 12.4 Å². The van der Waals surface area contributed by atoms with Gasteiger partial charge in [-0.1, -0.05) is 0 Å². The third kappa shape index (κ3) is 3.56. The zero-order valence-corrected chi connectivity index (χ0v) is 13.3. The van der Waals surface area contributed by atoms with Crippen molar-refractivity contribution < 1.29 is 13.2 Å². The third-order valence-corrected chi connectivity index (χ3v) is 5.29. The Morgan fingerprint density at radius 3 is 2.59 bits per heavy atom. The molecule has 2 fully saturated rings. The van der Waals surface area contributed by atoms with Crippen LogP contribution in [0.5, 0.6) is 0 Å². The summed E-state index contributed by atoms with van der Waals surface area (Å²) in [7, 11) is -3.74. The molecule has 2 atom stereocenters.